The molecule has 0 bridgehead atoms. The summed E-state index contributed by atoms with van der Waals surface area (Å²) in [4.78, 5) is 20.7. The number of carbonyl (C=O) groups excluding carboxylic acids is 1. The van der Waals surface area contributed by atoms with Gasteiger partial charge in [-0.15, -0.1) is 0 Å². The Morgan fingerprint density at radius 1 is 1.34 bits per heavy atom. The zero-order valence-corrected chi connectivity index (χ0v) is 17.0. The second-order valence-electron chi connectivity index (χ2n) is 7.64. The van der Waals surface area contributed by atoms with Gasteiger partial charge in [0.1, 0.15) is 11.9 Å². The van der Waals surface area contributed by atoms with Crippen LogP contribution >= 0.6 is 0 Å². The van der Waals surface area contributed by atoms with Crippen molar-refractivity contribution in [3.05, 3.63) is 59.9 Å². The fraction of sp³-hybridized carbons (Fsp3) is 0.455. The monoisotopic (exact) mass is 400 g/mol. The summed E-state index contributed by atoms with van der Waals surface area (Å²) in [6, 6.07) is 13.7. The van der Waals surface area contributed by atoms with Gasteiger partial charge in [0.2, 0.25) is 0 Å². The molecule has 0 spiro atoms. The molecule has 1 aliphatic rings. The molecule has 2 aromatic rings. The molecule has 3 rings (SSSR count). The number of halogens is 1. The van der Waals surface area contributed by atoms with E-state index >= 15 is 0 Å². The molecule has 1 fully saturated rings. The van der Waals surface area contributed by atoms with Crippen LogP contribution < -0.4 is 10.2 Å². The lowest BCUT2D eigenvalue weighted by atomic mass is 10.0. The first-order valence-electron chi connectivity index (χ1n) is 10.0. The van der Waals surface area contributed by atoms with Crippen LogP contribution in [0.4, 0.5) is 10.1 Å². The van der Waals surface area contributed by atoms with Gasteiger partial charge < -0.3 is 15.3 Å². The SMILES string of the molecule is CC(O)CNC(=O)c1ccc(N(C)C(CN2CCC(F)C2)c2ccccc2)cn1. The molecule has 3 atom stereocenters. The minimum Gasteiger partial charge on any atom is -0.392 e. The molecule has 2 heterocycles. The van der Waals surface area contributed by atoms with Crippen molar-refractivity contribution in [1.82, 2.24) is 15.2 Å². The normalized spacial score (nSPS) is 19.0. The van der Waals surface area contributed by atoms with Gasteiger partial charge in [-0.2, -0.15) is 0 Å². The Morgan fingerprint density at radius 3 is 2.69 bits per heavy atom. The first kappa shape index (κ1) is 21.2. The number of amides is 1. The van der Waals surface area contributed by atoms with Crippen LogP contribution in [0, 0.1) is 0 Å². The maximum Gasteiger partial charge on any atom is 0.269 e. The van der Waals surface area contributed by atoms with Crippen molar-refractivity contribution in [1.29, 1.82) is 0 Å². The summed E-state index contributed by atoms with van der Waals surface area (Å²) in [7, 11) is 1.99. The Hall–Kier alpha value is -2.51. The summed E-state index contributed by atoms with van der Waals surface area (Å²) in [6.45, 7) is 3.75. The molecular weight excluding hydrogens is 371 g/mol. The summed E-state index contributed by atoms with van der Waals surface area (Å²) in [5, 5.41) is 11.9. The van der Waals surface area contributed by atoms with Crippen molar-refractivity contribution >= 4 is 11.6 Å². The van der Waals surface area contributed by atoms with E-state index in [9.17, 15) is 14.3 Å². The number of likely N-dealkylation sites (tertiary alicyclic amines) is 1. The number of aliphatic hydroxyl groups is 1. The van der Waals surface area contributed by atoms with E-state index in [-0.39, 0.29) is 18.5 Å². The minimum atomic E-state index is -0.752. The Labute approximate surface area is 171 Å². The Kier molecular flexibility index (Phi) is 7.17. The first-order chi connectivity index (χ1) is 13.9. The summed E-state index contributed by atoms with van der Waals surface area (Å²) < 4.78 is 13.7. The number of nitrogens with one attached hydrogen (secondary N) is 1. The molecule has 6 nitrogen and oxygen atoms in total. The molecule has 3 unspecified atom stereocenters. The van der Waals surface area contributed by atoms with E-state index in [0.29, 0.717) is 18.7 Å². The highest BCUT2D eigenvalue weighted by molar-refractivity contribution is 5.92. The highest BCUT2D eigenvalue weighted by Gasteiger charge is 2.27. The topological polar surface area (TPSA) is 68.7 Å². The van der Waals surface area contributed by atoms with Crippen LogP contribution in [0.1, 0.15) is 35.4 Å². The largest absolute Gasteiger partial charge is 0.392 e. The summed E-state index contributed by atoms with van der Waals surface area (Å²) in [6.07, 6.45) is 0.904. The average molecular weight is 400 g/mol. The van der Waals surface area contributed by atoms with Gasteiger partial charge in [-0.1, -0.05) is 30.3 Å². The maximum absolute atomic E-state index is 13.7. The number of benzene rings is 1. The van der Waals surface area contributed by atoms with Crippen molar-refractivity contribution in [2.45, 2.75) is 31.7 Å². The summed E-state index contributed by atoms with van der Waals surface area (Å²) >= 11 is 0. The zero-order valence-electron chi connectivity index (χ0n) is 17.0. The number of aliphatic hydroxyl groups excluding tert-OH is 1. The van der Waals surface area contributed by atoms with E-state index in [1.807, 2.05) is 31.3 Å². The van der Waals surface area contributed by atoms with Crippen LogP contribution in [0.25, 0.3) is 0 Å². The quantitative estimate of drug-likeness (QED) is 0.712. The zero-order chi connectivity index (χ0) is 20.8. The van der Waals surface area contributed by atoms with Crippen molar-refractivity contribution in [3.8, 4) is 0 Å². The summed E-state index contributed by atoms with van der Waals surface area (Å²) in [5.41, 5.74) is 2.33. The number of alkyl halides is 1. The molecule has 1 aromatic heterocycles. The van der Waals surface area contributed by atoms with Gasteiger partial charge in [-0.05, 0) is 31.0 Å². The van der Waals surface area contributed by atoms with Crippen LogP contribution in [0.2, 0.25) is 0 Å². The van der Waals surface area contributed by atoms with Crippen molar-refractivity contribution in [3.63, 3.8) is 0 Å². The Morgan fingerprint density at radius 2 is 2.10 bits per heavy atom. The molecule has 1 saturated heterocycles. The number of anilines is 1. The van der Waals surface area contributed by atoms with E-state index < -0.39 is 12.3 Å². The molecule has 7 heteroatoms. The molecule has 0 radical (unpaired) electrons. The van der Waals surface area contributed by atoms with E-state index in [2.05, 4.69) is 32.2 Å². The number of pyridine rings is 1. The molecule has 29 heavy (non-hydrogen) atoms. The van der Waals surface area contributed by atoms with Gasteiger partial charge in [-0.3, -0.25) is 9.69 Å². The van der Waals surface area contributed by atoms with E-state index in [4.69, 9.17) is 0 Å². The highest BCUT2D eigenvalue weighted by atomic mass is 19.1. The third-order valence-electron chi connectivity index (χ3n) is 5.24. The summed E-state index contributed by atoms with van der Waals surface area (Å²) in [5.74, 6) is -0.314. The molecular formula is C22H29FN4O2. The first-order valence-corrected chi connectivity index (χ1v) is 10.0. The molecule has 0 aliphatic carbocycles. The number of aromatic nitrogens is 1. The predicted octanol–water partition coefficient (Wildman–Crippen LogP) is 2.41. The van der Waals surface area contributed by atoms with Crippen LogP contribution in [-0.2, 0) is 0 Å². The van der Waals surface area contributed by atoms with Crippen molar-refractivity contribution in [2.24, 2.45) is 0 Å². The number of nitrogens with zero attached hydrogens (tertiary/aromatic N) is 3. The second kappa shape index (κ2) is 9.80. The fourth-order valence-corrected chi connectivity index (χ4v) is 3.56. The second-order valence-corrected chi connectivity index (χ2v) is 7.64. The smallest absolute Gasteiger partial charge is 0.269 e. The van der Waals surface area contributed by atoms with Crippen LogP contribution in [-0.4, -0.2) is 66.4 Å². The van der Waals surface area contributed by atoms with E-state index in [1.165, 1.54) is 0 Å². The molecule has 1 aliphatic heterocycles. The standard InChI is InChI=1S/C22H29FN4O2/c1-16(28)12-25-22(29)20-9-8-19(13-24-20)26(2)21(17-6-4-3-5-7-17)15-27-11-10-18(23)14-27/h3-9,13,16,18,21,28H,10-12,14-15H2,1-2H3,(H,25,29). The van der Waals surface area contributed by atoms with Gasteiger partial charge in [-0.25, -0.2) is 9.37 Å². The number of carbonyl (C=O) groups is 1. The van der Waals surface area contributed by atoms with Crippen LogP contribution in [0.3, 0.4) is 0 Å². The molecule has 1 amide bonds. The molecule has 1 aromatic carbocycles. The van der Waals surface area contributed by atoms with Crippen LogP contribution in [0.5, 0.6) is 0 Å². The third-order valence-corrected chi connectivity index (χ3v) is 5.24. The lowest BCUT2D eigenvalue weighted by molar-refractivity contribution is 0.0919. The predicted molar refractivity (Wildman–Crippen MR) is 112 cm³/mol. The fourth-order valence-electron chi connectivity index (χ4n) is 3.56. The maximum atomic E-state index is 13.7. The van der Waals surface area contributed by atoms with Gasteiger partial charge in [0.05, 0.1) is 24.0 Å². The third kappa shape index (κ3) is 5.74. The molecule has 2 N–H and O–H groups in total. The minimum absolute atomic E-state index is 0.0400. The Bertz CT molecular complexity index is 785. The highest BCUT2D eigenvalue weighted by Crippen LogP contribution is 2.28. The lowest BCUT2D eigenvalue weighted by Gasteiger charge is -2.33. The Balaban J connectivity index is 1.74. The molecule has 0 saturated carbocycles. The van der Waals surface area contributed by atoms with E-state index in [1.54, 1.807) is 19.2 Å². The molecule has 156 valence electrons. The van der Waals surface area contributed by atoms with Crippen molar-refractivity contribution in [2.75, 3.05) is 38.1 Å². The van der Waals surface area contributed by atoms with Gasteiger partial charge in [0.15, 0.2) is 0 Å². The number of rotatable bonds is 8. The van der Waals surface area contributed by atoms with Gasteiger partial charge in [0.25, 0.3) is 5.91 Å². The van der Waals surface area contributed by atoms with Gasteiger partial charge >= 0.3 is 0 Å². The lowest BCUT2D eigenvalue weighted by Crippen LogP contribution is -2.36. The average Bonchev–Trinajstić information content (AvgIpc) is 3.15. The van der Waals surface area contributed by atoms with E-state index in [0.717, 1.165) is 24.3 Å². The van der Waals surface area contributed by atoms with Gasteiger partial charge in [0, 0.05) is 33.2 Å². The number of hydrogen-bond acceptors (Lipinski definition) is 5. The van der Waals surface area contributed by atoms with Crippen molar-refractivity contribution < 1.29 is 14.3 Å². The number of likely N-dealkylation sites (N-methyl/N-ethyl adjacent to an activating group) is 1. The van der Waals surface area contributed by atoms with Crippen LogP contribution in [0.15, 0.2) is 48.7 Å². The number of hydrogen-bond donors (Lipinski definition) is 2.